The van der Waals surface area contributed by atoms with Gasteiger partial charge in [-0.2, -0.15) is 0 Å². The van der Waals surface area contributed by atoms with Crippen molar-refractivity contribution in [3.8, 4) is 0 Å². The minimum absolute atomic E-state index is 0.344. The standard InChI is InChI=1S/C14H31N3/c1-5-13(4)14(15)11-17-8-6-16(7-9-17)10-12(2)3/h12-14H,5-11,15H2,1-4H3/t13-,14+/m1/s1. The van der Waals surface area contributed by atoms with Crippen molar-refractivity contribution in [3.63, 3.8) is 0 Å². The van der Waals surface area contributed by atoms with Gasteiger partial charge in [0.1, 0.15) is 0 Å². The fourth-order valence-corrected chi connectivity index (χ4v) is 2.45. The number of piperazine rings is 1. The van der Waals surface area contributed by atoms with Gasteiger partial charge in [0.25, 0.3) is 0 Å². The molecule has 0 amide bonds. The molecule has 0 aromatic carbocycles. The first-order chi connectivity index (χ1) is 8.02. The van der Waals surface area contributed by atoms with E-state index >= 15 is 0 Å². The van der Waals surface area contributed by atoms with Gasteiger partial charge in [-0.05, 0) is 11.8 Å². The summed E-state index contributed by atoms with van der Waals surface area (Å²) in [7, 11) is 0. The third-order valence-corrected chi connectivity index (χ3v) is 3.93. The molecular weight excluding hydrogens is 210 g/mol. The zero-order valence-corrected chi connectivity index (χ0v) is 12.2. The van der Waals surface area contributed by atoms with E-state index in [-0.39, 0.29) is 0 Å². The SMILES string of the molecule is CC[C@@H](C)[C@@H](N)CN1CCN(CC(C)C)CC1. The summed E-state index contributed by atoms with van der Waals surface area (Å²) in [5, 5.41) is 0. The van der Waals surface area contributed by atoms with Crippen LogP contribution in [0.3, 0.4) is 0 Å². The van der Waals surface area contributed by atoms with Crippen molar-refractivity contribution in [2.75, 3.05) is 39.3 Å². The van der Waals surface area contributed by atoms with E-state index in [0.29, 0.717) is 12.0 Å². The molecule has 0 spiro atoms. The minimum atomic E-state index is 0.344. The Kier molecular flexibility index (Phi) is 6.45. The van der Waals surface area contributed by atoms with Crippen molar-refractivity contribution >= 4 is 0 Å². The van der Waals surface area contributed by atoms with Crippen LogP contribution in [0.5, 0.6) is 0 Å². The predicted molar refractivity (Wildman–Crippen MR) is 75.1 cm³/mol. The molecule has 1 fully saturated rings. The van der Waals surface area contributed by atoms with Gasteiger partial charge in [-0.15, -0.1) is 0 Å². The van der Waals surface area contributed by atoms with Gasteiger partial charge in [-0.25, -0.2) is 0 Å². The highest BCUT2D eigenvalue weighted by Crippen LogP contribution is 2.10. The Hall–Kier alpha value is -0.120. The van der Waals surface area contributed by atoms with E-state index in [1.54, 1.807) is 0 Å². The van der Waals surface area contributed by atoms with Gasteiger partial charge in [-0.3, -0.25) is 4.90 Å². The fraction of sp³-hybridized carbons (Fsp3) is 1.00. The highest BCUT2D eigenvalue weighted by molar-refractivity contribution is 4.78. The van der Waals surface area contributed by atoms with Crippen molar-refractivity contribution in [1.29, 1.82) is 0 Å². The average molecular weight is 241 g/mol. The molecule has 2 atom stereocenters. The van der Waals surface area contributed by atoms with E-state index in [9.17, 15) is 0 Å². The molecule has 1 rings (SSSR count). The predicted octanol–water partition coefficient (Wildman–Crippen LogP) is 1.63. The monoisotopic (exact) mass is 241 g/mol. The van der Waals surface area contributed by atoms with Crippen molar-refractivity contribution in [1.82, 2.24) is 9.80 Å². The summed E-state index contributed by atoms with van der Waals surface area (Å²) in [6, 6.07) is 0.344. The molecule has 1 heterocycles. The Morgan fingerprint density at radius 2 is 1.41 bits per heavy atom. The number of hydrogen-bond acceptors (Lipinski definition) is 3. The molecule has 1 aliphatic rings. The summed E-state index contributed by atoms with van der Waals surface area (Å²) >= 11 is 0. The summed E-state index contributed by atoms with van der Waals surface area (Å²) < 4.78 is 0. The zero-order valence-electron chi connectivity index (χ0n) is 12.2. The highest BCUT2D eigenvalue weighted by Gasteiger charge is 2.20. The molecule has 0 radical (unpaired) electrons. The Balaban J connectivity index is 2.23. The van der Waals surface area contributed by atoms with E-state index in [2.05, 4.69) is 37.5 Å². The summed E-state index contributed by atoms with van der Waals surface area (Å²) in [5.74, 6) is 1.42. The van der Waals surface area contributed by atoms with Gasteiger partial charge in [-0.1, -0.05) is 34.1 Å². The van der Waals surface area contributed by atoms with E-state index in [4.69, 9.17) is 5.73 Å². The minimum Gasteiger partial charge on any atom is -0.326 e. The molecule has 2 N–H and O–H groups in total. The molecule has 102 valence electrons. The number of nitrogens with two attached hydrogens (primary N) is 1. The lowest BCUT2D eigenvalue weighted by Gasteiger charge is -2.37. The molecular formula is C14H31N3. The van der Waals surface area contributed by atoms with Crippen molar-refractivity contribution in [2.45, 2.75) is 40.2 Å². The van der Waals surface area contributed by atoms with Gasteiger partial charge in [0.2, 0.25) is 0 Å². The van der Waals surface area contributed by atoms with E-state index in [1.807, 2.05) is 0 Å². The van der Waals surface area contributed by atoms with Crippen LogP contribution in [-0.4, -0.2) is 55.1 Å². The van der Waals surface area contributed by atoms with Crippen LogP contribution in [0.4, 0.5) is 0 Å². The Morgan fingerprint density at radius 1 is 0.941 bits per heavy atom. The van der Waals surface area contributed by atoms with Crippen LogP contribution in [0.2, 0.25) is 0 Å². The summed E-state index contributed by atoms with van der Waals surface area (Å²) in [4.78, 5) is 5.11. The Labute approximate surface area is 107 Å². The van der Waals surface area contributed by atoms with Gasteiger partial charge < -0.3 is 10.6 Å². The molecule has 17 heavy (non-hydrogen) atoms. The van der Waals surface area contributed by atoms with E-state index in [1.165, 1.54) is 39.1 Å². The molecule has 0 unspecified atom stereocenters. The quantitative estimate of drug-likeness (QED) is 0.767. The van der Waals surface area contributed by atoms with Crippen LogP contribution in [0.25, 0.3) is 0 Å². The van der Waals surface area contributed by atoms with Crippen LogP contribution in [-0.2, 0) is 0 Å². The zero-order chi connectivity index (χ0) is 12.8. The van der Waals surface area contributed by atoms with Crippen LogP contribution in [0.15, 0.2) is 0 Å². The van der Waals surface area contributed by atoms with Gasteiger partial charge >= 0.3 is 0 Å². The van der Waals surface area contributed by atoms with Gasteiger partial charge in [0, 0.05) is 45.3 Å². The second-order valence-corrected chi connectivity index (χ2v) is 6.04. The second kappa shape index (κ2) is 7.34. The van der Waals surface area contributed by atoms with Crippen LogP contribution in [0, 0.1) is 11.8 Å². The molecule has 0 aromatic rings. The first-order valence-corrected chi connectivity index (χ1v) is 7.23. The largest absolute Gasteiger partial charge is 0.326 e. The third kappa shape index (κ3) is 5.36. The average Bonchev–Trinajstić information content (AvgIpc) is 2.30. The first kappa shape index (κ1) is 14.9. The normalized spacial score (nSPS) is 22.9. The van der Waals surface area contributed by atoms with Crippen molar-refractivity contribution in [2.24, 2.45) is 17.6 Å². The molecule has 0 bridgehead atoms. The topological polar surface area (TPSA) is 32.5 Å². The maximum atomic E-state index is 6.22. The molecule has 3 nitrogen and oxygen atoms in total. The Bertz CT molecular complexity index is 198. The Morgan fingerprint density at radius 3 is 1.82 bits per heavy atom. The lowest BCUT2D eigenvalue weighted by Crippen LogP contribution is -2.51. The molecule has 0 aromatic heterocycles. The van der Waals surface area contributed by atoms with Gasteiger partial charge in [0.15, 0.2) is 0 Å². The molecule has 0 aliphatic carbocycles. The van der Waals surface area contributed by atoms with Crippen LogP contribution >= 0.6 is 0 Å². The molecule has 1 aliphatic heterocycles. The maximum Gasteiger partial charge on any atom is 0.0193 e. The first-order valence-electron chi connectivity index (χ1n) is 7.23. The molecule has 3 heteroatoms. The summed E-state index contributed by atoms with van der Waals surface area (Å²) in [6.45, 7) is 16.2. The number of hydrogen-bond donors (Lipinski definition) is 1. The lowest BCUT2D eigenvalue weighted by atomic mass is 9.99. The number of nitrogens with zero attached hydrogens (tertiary/aromatic N) is 2. The van der Waals surface area contributed by atoms with Crippen molar-refractivity contribution in [3.05, 3.63) is 0 Å². The smallest absolute Gasteiger partial charge is 0.0193 e. The highest BCUT2D eigenvalue weighted by atomic mass is 15.3. The van der Waals surface area contributed by atoms with E-state index in [0.717, 1.165) is 12.5 Å². The lowest BCUT2D eigenvalue weighted by molar-refractivity contribution is 0.112. The summed E-state index contributed by atoms with van der Waals surface area (Å²) in [6.07, 6.45) is 1.19. The third-order valence-electron chi connectivity index (χ3n) is 3.93. The van der Waals surface area contributed by atoms with Gasteiger partial charge in [0.05, 0.1) is 0 Å². The van der Waals surface area contributed by atoms with Crippen LogP contribution < -0.4 is 5.73 Å². The van der Waals surface area contributed by atoms with Crippen LogP contribution in [0.1, 0.15) is 34.1 Å². The van der Waals surface area contributed by atoms with Crippen molar-refractivity contribution < 1.29 is 0 Å². The summed E-state index contributed by atoms with van der Waals surface area (Å²) in [5.41, 5.74) is 6.22. The second-order valence-electron chi connectivity index (χ2n) is 6.04. The molecule has 0 saturated carbocycles. The molecule has 1 saturated heterocycles. The maximum absolute atomic E-state index is 6.22. The number of rotatable bonds is 6. The fourth-order valence-electron chi connectivity index (χ4n) is 2.45. The van der Waals surface area contributed by atoms with E-state index < -0.39 is 0 Å².